The molecule has 0 amide bonds. The van der Waals surface area contributed by atoms with E-state index in [4.69, 9.17) is 23.2 Å². The molecule has 0 N–H and O–H groups in total. The van der Waals surface area contributed by atoms with Crippen molar-refractivity contribution in [2.75, 3.05) is 5.88 Å². The van der Waals surface area contributed by atoms with E-state index >= 15 is 0 Å². The molecule has 0 spiro atoms. The Hall–Kier alpha value is -1.13. The largest absolute Gasteiger partial charge is 0.311 e. The van der Waals surface area contributed by atoms with E-state index in [1.54, 1.807) is 6.33 Å². The predicted octanol–water partition coefficient (Wildman–Crippen LogP) is 2.27. The van der Waals surface area contributed by atoms with Crippen LogP contribution in [-0.4, -0.2) is 25.4 Å². The molecule has 0 saturated heterocycles. The van der Waals surface area contributed by atoms with Crippen molar-refractivity contribution >= 4 is 34.4 Å². The van der Waals surface area contributed by atoms with Crippen molar-refractivity contribution in [3.8, 4) is 0 Å². The van der Waals surface area contributed by atoms with Gasteiger partial charge in [-0.2, -0.15) is 0 Å². The first-order valence-corrected chi connectivity index (χ1v) is 5.26. The van der Waals surface area contributed by atoms with Crippen molar-refractivity contribution < 1.29 is 0 Å². The molecule has 0 bridgehead atoms. The first-order chi connectivity index (χ1) is 7.33. The van der Waals surface area contributed by atoms with Gasteiger partial charge in [0.25, 0.3) is 0 Å². The lowest BCUT2D eigenvalue weighted by atomic mass is 10.5. The standard InChI is InChI=1S/C9H8Cl2N4/c10-3-1-2-4-15-6-14-7-8(11)12-5-13-9(7)15/h1-2,5-6H,3-4H2. The number of hydrogen-bond donors (Lipinski definition) is 0. The van der Waals surface area contributed by atoms with Crippen molar-refractivity contribution in [1.29, 1.82) is 0 Å². The number of allylic oxidation sites excluding steroid dienone is 2. The highest BCUT2D eigenvalue weighted by atomic mass is 35.5. The molecule has 78 valence electrons. The maximum atomic E-state index is 5.87. The number of aromatic nitrogens is 4. The van der Waals surface area contributed by atoms with Crippen molar-refractivity contribution in [3.05, 3.63) is 30.0 Å². The zero-order valence-corrected chi connectivity index (χ0v) is 9.28. The Morgan fingerprint density at radius 1 is 1.27 bits per heavy atom. The molecule has 4 nitrogen and oxygen atoms in total. The Morgan fingerprint density at radius 3 is 2.93 bits per heavy atom. The van der Waals surface area contributed by atoms with E-state index in [1.807, 2.05) is 16.7 Å². The van der Waals surface area contributed by atoms with Crippen LogP contribution in [0.25, 0.3) is 11.2 Å². The van der Waals surface area contributed by atoms with Crippen LogP contribution in [0.1, 0.15) is 0 Å². The van der Waals surface area contributed by atoms with E-state index < -0.39 is 0 Å². The van der Waals surface area contributed by atoms with Gasteiger partial charge in [0.05, 0.1) is 6.33 Å². The molecule has 0 aliphatic rings. The lowest BCUT2D eigenvalue weighted by Crippen LogP contribution is -1.95. The third kappa shape index (κ3) is 2.11. The quantitative estimate of drug-likeness (QED) is 0.472. The minimum Gasteiger partial charge on any atom is -0.311 e. The Bertz CT molecular complexity index is 492. The van der Waals surface area contributed by atoms with E-state index in [9.17, 15) is 0 Å². The predicted molar refractivity (Wildman–Crippen MR) is 60.2 cm³/mol. The number of rotatable bonds is 3. The molecule has 0 aliphatic carbocycles. The summed E-state index contributed by atoms with van der Waals surface area (Å²) in [4.78, 5) is 12.1. The van der Waals surface area contributed by atoms with E-state index in [0.29, 0.717) is 23.1 Å². The van der Waals surface area contributed by atoms with Crippen LogP contribution in [0, 0.1) is 0 Å². The Morgan fingerprint density at radius 2 is 2.13 bits per heavy atom. The minimum absolute atomic E-state index is 0.375. The topological polar surface area (TPSA) is 43.6 Å². The molecule has 0 atom stereocenters. The second-order valence-corrected chi connectivity index (χ2v) is 3.53. The molecule has 15 heavy (non-hydrogen) atoms. The first-order valence-electron chi connectivity index (χ1n) is 4.35. The average molecular weight is 243 g/mol. The number of hydrogen-bond acceptors (Lipinski definition) is 3. The Labute approximate surface area is 96.6 Å². The van der Waals surface area contributed by atoms with Gasteiger partial charge < -0.3 is 4.57 Å². The number of alkyl halides is 1. The maximum absolute atomic E-state index is 5.87. The van der Waals surface area contributed by atoms with Gasteiger partial charge in [-0.25, -0.2) is 15.0 Å². The molecule has 2 heterocycles. The van der Waals surface area contributed by atoms with Crippen LogP contribution in [0.2, 0.25) is 5.15 Å². The summed E-state index contributed by atoms with van der Waals surface area (Å²) < 4.78 is 1.88. The van der Waals surface area contributed by atoms with Gasteiger partial charge in [-0.05, 0) is 0 Å². The van der Waals surface area contributed by atoms with Crippen molar-refractivity contribution in [2.45, 2.75) is 6.54 Å². The molecule has 0 fully saturated rings. The van der Waals surface area contributed by atoms with Crippen molar-refractivity contribution in [1.82, 2.24) is 19.5 Å². The number of halogens is 2. The van der Waals surface area contributed by atoms with E-state index in [0.717, 1.165) is 5.65 Å². The highest BCUT2D eigenvalue weighted by molar-refractivity contribution is 6.33. The summed E-state index contributed by atoms with van der Waals surface area (Å²) in [5.74, 6) is 0.502. The molecule has 0 radical (unpaired) electrons. The Kier molecular flexibility index (Phi) is 3.18. The van der Waals surface area contributed by atoms with Gasteiger partial charge in [-0.15, -0.1) is 11.6 Å². The van der Waals surface area contributed by atoms with E-state index in [-0.39, 0.29) is 0 Å². The van der Waals surface area contributed by atoms with Crippen LogP contribution in [0.4, 0.5) is 0 Å². The minimum atomic E-state index is 0.375. The summed E-state index contributed by atoms with van der Waals surface area (Å²) >= 11 is 11.4. The highest BCUT2D eigenvalue weighted by Gasteiger charge is 2.06. The van der Waals surface area contributed by atoms with Crippen LogP contribution in [0.5, 0.6) is 0 Å². The fourth-order valence-electron chi connectivity index (χ4n) is 1.24. The summed E-state index contributed by atoms with van der Waals surface area (Å²) in [6, 6.07) is 0. The normalized spacial score (nSPS) is 11.6. The summed E-state index contributed by atoms with van der Waals surface area (Å²) in [6.07, 6.45) is 6.93. The van der Waals surface area contributed by atoms with Crippen LogP contribution < -0.4 is 0 Å². The molecule has 2 rings (SSSR count). The van der Waals surface area contributed by atoms with Gasteiger partial charge in [0.1, 0.15) is 11.8 Å². The lowest BCUT2D eigenvalue weighted by molar-refractivity contribution is 0.835. The molecule has 0 unspecified atom stereocenters. The van der Waals surface area contributed by atoms with Gasteiger partial charge in [0.2, 0.25) is 0 Å². The zero-order chi connectivity index (χ0) is 10.7. The number of nitrogens with zero attached hydrogens (tertiary/aromatic N) is 4. The van der Waals surface area contributed by atoms with E-state index in [2.05, 4.69) is 15.0 Å². The highest BCUT2D eigenvalue weighted by Crippen LogP contribution is 2.16. The second kappa shape index (κ2) is 4.59. The molecule has 2 aromatic heterocycles. The van der Waals surface area contributed by atoms with Gasteiger partial charge in [0.15, 0.2) is 10.8 Å². The fourth-order valence-corrected chi connectivity index (χ4v) is 1.54. The summed E-state index contributed by atoms with van der Waals surface area (Å²) in [7, 11) is 0. The summed E-state index contributed by atoms with van der Waals surface area (Å²) in [5, 5.41) is 0.375. The molecular weight excluding hydrogens is 235 g/mol. The molecular formula is C9H8Cl2N4. The lowest BCUT2D eigenvalue weighted by Gasteiger charge is -1.97. The third-order valence-corrected chi connectivity index (χ3v) is 2.37. The third-order valence-electron chi connectivity index (χ3n) is 1.91. The molecule has 6 heteroatoms. The number of fused-ring (bicyclic) bond motifs is 1. The molecule has 0 aliphatic heterocycles. The summed E-state index contributed by atoms with van der Waals surface area (Å²) in [6.45, 7) is 0.677. The van der Waals surface area contributed by atoms with E-state index in [1.165, 1.54) is 6.33 Å². The zero-order valence-electron chi connectivity index (χ0n) is 7.77. The van der Waals surface area contributed by atoms with Gasteiger partial charge in [-0.1, -0.05) is 23.8 Å². The van der Waals surface area contributed by atoms with Gasteiger partial charge in [0, 0.05) is 12.4 Å². The monoisotopic (exact) mass is 242 g/mol. The summed E-state index contributed by atoms with van der Waals surface area (Å²) in [5.41, 5.74) is 1.35. The maximum Gasteiger partial charge on any atom is 0.165 e. The SMILES string of the molecule is ClCC=CCn1cnc2c(Cl)ncnc21. The first kappa shape index (κ1) is 10.4. The number of imidazole rings is 1. The van der Waals surface area contributed by atoms with Crippen LogP contribution in [0.3, 0.4) is 0 Å². The average Bonchev–Trinajstić information content (AvgIpc) is 2.64. The smallest absolute Gasteiger partial charge is 0.165 e. The van der Waals surface area contributed by atoms with Crippen LogP contribution in [0.15, 0.2) is 24.8 Å². The van der Waals surface area contributed by atoms with Crippen LogP contribution in [-0.2, 0) is 6.54 Å². The molecule has 0 aromatic carbocycles. The Balaban J connectivity index is 2.37. The van der Waals surface area contributed by atoms with Gasteiger partial charge >= 0.3 is 0 Å². The van der Waals surface area contributed by atoms with Crippen molar-refractivity contribution in [3.63, 3.8) is 0 Å². The second-order valence-electron chi connectivity index (χ2n) is 2.86. The van der Waals surface area contributed by atoms with Crippen molar-refractivity contribution in [2.24, 2.45) is 0 Å². The van der Waals surface area contributed by atoms with Crippen LogP contribution >= 0.6 is 23.2 Å². The molecule has 2 aromatic rings. The fraction of sp³-hybridized carbons (Fsp3) is 0.222. The van der Waals surface area contributed by atoms with Gasteiger partial charge in [-0.3, -0.25) is 0 Å². The molecule has 0 saturated carbocycles.